The number of piperidine rings is 2. The summed E-state index contributed by atoms with van der Waals surface area (Å²) in [4.78, 5) is 51.3. The Morgan fingerprint density at radius 2 is 1.75 bits per heavy atom. The van der Waals surface area contributed by atoms with Gasteiger partial charge in [0.05, 0.1) is 6.20 Å². The van der Waals surface area contributed by atoms with Crippen molar-refractivity contribution in [3.63, 3.8) is 0 Å². The van der Waals surface area contributed by atoms with Gasteiger partial charge in [-0.2, -0.15) is 5.10 Å². The molecule has 3 aliphatic heterocycles. The van der Waals surface area contributed by atoms with E-state index in [9.17, 15) is 14.4 Å². The van der Waals surface area contributed by atoms with E-state index in [2.05, 4.69) is 61.7 Å². The van der Waals surface area contributed by atoms with Crippen molar-refractivity contribution in [2.75, 3.05) is 44.7 Å². The number of carbonyl (C=O) groups excluding carboxylic acids is 2. The highest BCUT2D eigenvalue weighted by Gasteiger charge is 2.38. The highest BCUT2D eigenvalue weighted by atomic mass is 32.2. The van der Waals surface area contributed by atoms with Gasteiger partial charge in [-0.05, 0) is 87.4 Å². The van der Waals surface area contributed by atoms with Crippen molar-refractivity contribution in [1.29, 1.82) is 0 Å². The minimum absolute atomic E-state index is 0.111. The molecule has 51 heavy (non-hydrogen) atoms. The number of ether oxygens (including phenoxy) is 1. The molecule has 0 aliphatic carbocycles. The molecule has 16 heteroatoms. The molecule has 3 N–H and O–H groups in total. The molecule has 14 nitrogen and oxygen atoms in total. The number of likely N-dealkylation sites (tertiary alicyclic amines) is 2. The molecule has 3 aromatic rings. The molecular weight excluding hydrogens is 691 g/mol. The van der Waals surface area contributed by atoms with Crippen molar-refractivity contribution in [2.24, 2.45) is 11.8 Å². The van der Waals surface area contributed by atoms with Crippen LogP contribution in [0.5, 0.6) is 5.75 Å². The van der Waals surface area contributed by atoms with Gasteiger partial charge in [0.25, 0.3) is 5.91 Å². The van der Waals surface area contributed by atoms with E-state index in [1.54, 1.807) is 28.8 Å². The Kier molecular flexibility index (Phi) is 13.6. The Labute approximate surface area is 308 Å². The number of pyridine rings is 1. The zero-order chi connectivity index (χ0) is 36.3. The van der Waals surface area contributed by atoms with Crippen molar-refractivity contribution >= 4 is 53.0 Å². The van der Waals surface area contributed by atoms with Gasteiger partial charge in [0.1, 0.15) is 18.2 Å². The number of aromatic amines is 1. The maximum Gasteiger partial charge on any atom is 0.415 e. The van der Waals surface area contributed by atoms with E-state index < -0.39 is 6.09 Å². The summed E-state index contributed by atoms with van der Waals surface area (Å²) < 4.78 is 5.55. The number of amides is 3. The molecule has 0 spiro atoms. The number of thioether (sulfide) groups is 1. The number of hydrogen-bond donors (Lipinski definition) is 3. The topological polar surface area (TPSA) is 160 Å². The summed E-state index contributed by atoms with van der Waals surface area (Å²) in [6, 6.07) is 13.4. The highest BCUT2D eigenvalue weighted by Crippen LogP contribution is 2.28. The van der Waals surface area contributed by atoms with E-state index in [0.29, 0.717) is 54.0 Å². The average molecular weight is 738 g/mol. The molecule has 274 valence electrons. The minimum atomic E-state index is -0.821. The number of carboxylic acid groups (broad SMARTS) is 1. The number of rotatable bonds is 10. The molecule has 0 bridgehead atoms. The van der Waals surface area contributed by atoms with E-state index in [0.717, 1.165) is 50.4 Å². The molecule has 1 unspecified atom stereocenters. The first-order valence-corrected chi connectivity index (χ1v) is 18.7. The van der Waals surface area contributed by atoms with E-state index in [4.69, 9.17) is 22.1 Å². The number of hydrogen-bond acceptors (Lipinski definition) is 10. The van der Waals surface area contributed by atoms with Gasteiger partial charge in [-0.25, -0.2) is 24.5 Å². The van der Waals surface area contributed by atoms with Crippen LogP contribution in [-0.4, -0.2) is 114 Å². The molecule has 2 aromatic heterocycles. The third kappa shape index (κ3) is 10.9. The summed E-state index contributed by atoms with van der Waals surface area (Å²) in [7, 11) is 2.16. The summed E-state index contributed by atoms with van der Waals surface area (Å²) in [5.41, 5.74) is 1.33. The first kappa shape index (κ1) is 38.0. The zero-order valence-electron chi connectivity index (χ0n) is 29.3. The van der Waals surface area contributed by atoms with Crippen LogP contribution in [0, 0.1) is 11.8 Å². The molecule has 3 saturated heterocycles. The number of H-pyrrole nitrogens is 1. The number of aromatic nitrogens is 4. The van der Waals surface area contributed by atoms with Gasteiger partial charge in [0.15, 0.2) is 16.0 Å². The van der Waals surface area contributed by atoms with Crippen LogP contribution >= 0.6 is 24.0 Å². The van der Waals surface area contributed by atoms with Crippen molar-refractivity contribution in [2.45, 2.75) is 68.9 Å². The molecule has 5 heterocycles. The van der Waals surface area contributed by atoms with E-state index in [-0.39, 0.29) is 24.0 Å². The lowest BCUT2D eigenvalue weighted by Gasteiger charge is -2.32. The minimum Gasteiger partial charge on any atom is -0.465 e. The summed E-state index contributed by atoms with van der Waals surface area (Å²) in [6.45, 7) is 8.52. The van der Waals surface area contributed by atoms with E-state index in [1.807, 2.05) is 19.9 Å². The van der Waals surface area contributed by atoms with Gasteiger partial charge in [-0.3, -0.25) is 9.89 Å². The summed E-state index contributed by atoms with van der Waals surface area (Å²) in [5.74, 6) is 1.36. The predicted octanol–water partition coefficient (Wildman–Crippen LogP) is 5.10. The summed E-state index contributed by atoms with van der Waals surface area (Å²) in [6.07, 6.45) is 6.58. The number of anilines is 1. The molecule has 0 radical (unpaired) electrons. The average Bonchev–Trinajstić information content (AvgIpc) is 3.75. The lowest BCUT2D eigenvalue weighted by molar-refractivity contribution is -0.119. The molecule has 1 aromatic carbocycles. The second-order valence-corrected chi connectivity index (χ2v) is 15.1. The van der Waals surface area contributed by atoms with Crippen LogP contribution in [0.1, 0.15) is 51.5 Å². The van der Waals surface area contributed by atoms with Crippen molar-refractivity contribution in [1.82, 2.24) is 40.2 Å². The number of benzene rings is 1. The molecule has 0 saturated carbocycles. The van der Waals surface area contributed by atoms with Gasteiger partial charge >= 0.3 is 12.2 Å². The van der Waals surface area contributed by atoms with Gasteiger partial charge < -0.3 is 29.9 Å². The first-order chi connectivity index (χ1) is 24.6. The van der Waals surface area contributed by atoms with Gasteiger partial charge in [-0.15, -0.1) is 0 Å². The first-order valence-electron chi connectivity index (χ1n) is 17.4. The van der Waals surface area contributed by atoms with Crippen LogP contribution in [0.2, 0.25) is 0 Å². The van der Waals surface area contributed by atoms with Gasteiger partial charge in [0.2, 0.25) is 0 Å². The second kappa shape index (κ2) is 18.3. The lowest BCUT2D eigenvalue weighted by atomic mass is 9.93. The molecule has 3 amide bonds. The van der Waals surface area contributed by atoms with Crippen LogP contribution in [0.4, 0.5) is 15.4 Å². The molecular formula is C35H47N9O5S2. The van der Waals surface area contributed by atoms with Crippen LogP contribution in [0.3, 0.4) is 0 Å². The molecule has 3 aliphatic rings. The normalized spacial score (nSPS) is 18.5. The number of nitrogens with one attached hydrogen (secondary N) is 2. The molecule has 6 rings (SSSR count). The maximum atomic E-state index is 12.7. The third-order valence-electron chi connectivity index (χ3n) is 9.26. The SMILES string of the molecule is CC(C)C1NC(=S)N(c2ccc(OC(=O)N3CCC(CCN(C)Cc4ccccc4)CC3)cn2)C1=O.O=C(O)N1CCC(Sc2ncn[nH]2)CC1. The van der Waals surface area contributed by atoms with E-state index in [1.165, 1.54) is 27.9 Å². The maximum absolute atomic E-state index is 12.7. The predicted molar refractivity (Wildman–Crippen MR) is 199 cm³/mol. The second-order valence-electron chi connectivity index (χ2n) is 13.4. The van der Waals surface area contributed by atoms with Crippen molar-refractivity contribution in [3.8, 4) is 5.75 Å². The van der Waals surface area contributed by atoms with Crippen molar-refractivity contribution in [3.05, 3.63) is 60.6 Å². The van der Waals surface area contributed by atoms with Crippen LogP contribution in [-0.2, 0) is 11.3 Å². The Morgan fingerprint density at radius 1 is 1.04 bits per heavy atom. The quantitative estimate of drug-likeness (QED) is 0.237. The van der Waals surface area contributed by atoms with Crippen LogP contribution in [0.25, 0.3) is 0 Å². The Morgan fingerprint density at radius 3 is 2.33 bits per heavy atom. The number of carbonyl (C=O) groups is 3. The smallest absolute Gasteiger partial charge is 0.415 e. The Balaban J connectivity index is 0.000000279. The standard InChI is InChI=1S/C27H35N5O3S.C8H12N4O2S/c1-19(2)24-25(33)32(26(36)29-24)23-10-9-22(17-28-23)35-27(34)31-15-12-20(13-16-31)11-14-30(3)18-21-7-5-4-6-8-21;13-8(14)12-3-1-6(2-4-12)15-7-9-5-10-11-7/h4-10,17,19-20,24H,11-16,18H2,1-3H3,(H,29,36);5-6H,1-4H2,(H,13,14)(H,9,10,11). The molecule has 1 atom stereocenters. The Hall–Kier alpha value is -4.28. The number of thiocarbonyl (C=S) groups is 1. The van der Waals surface area contributed by atoms with Gasteiger partial charge in [0, 0.05) is 38.0 Å². The highest BCUT2D eigenvalue weighted by molar-refractivity contribution is 7.99. The molecule has 3 fully saturated rings. The third-order valence-corrected chi connectivity index (χ3v) is 10.8. The van der Waals surface area contributed by atoms with Crippen LogP contribution < -0.4 is 15.0 Å². The van der Waals surface area contributed by atoms with Crippen molar-refractivity contribution < 1.29 is 24.2 Å². The largest absolute Gasteiger partial charge is 0.465 e. The fourth-order valence-electron chi connectivity index (χ4n) is 6.25. The lowest BCUT2D eigenvalue weighted by Crippen LogP contribution is -2.40. The fraction of sp³-hybridized carbons (Fsp3) is 0.514. The zero-order valence-corrected chi connectivity index (χ0v) is 30.9. The summed E-state index contributed by atoms with van der Waals surface area (Å²) in [5, 5.41) is 20.0. The van der Waals surface area contributed by atoms with E-state index >= 15 is 0 Å². The van der Waals surface area contributed by atoms with Gasteiger partial charge in [-0.1, -0.05) is 55.9 Å². The fourth-order valence-corrected chi connectivity index (χ4v) is 7.54. The van der Waals surface area contributed by atoms with Crippen LogP contribution in [0.15, 0.2) is 60.1 Å². The monoisotopic (exact) mass is 737 g/mol. The Bertz CT molecular complexity index is 1580. The summed E-state index contributed by atoms with van der Waals surface area (Å²) >= 11 is 6.95. The number of nitrogens with zero attached hydrogens (tertiary/aromatic N) is 7.